The zero-order valence-electron chi connectivity index (χ0n) is 7.10. The Morgan fingerprint density at radius 3 is 2.64 bits per heavy atom. The molecule has 0 aromatic heterocycles. The summed E-state index contributed by atoms with van der Waals surface area (Å²) >= 11 is 1.48. The molecule has 0 bridgehead atoms. The molecule has 0 aliphatic carbocycles. The van der Waals surface area contributed by atoms with E-state index in [9.17, 15) is 4.79 Å². The summed E-state index contributed by atoms with van der Waals surface area (Å²) in [5, 5.41) is 2.71. The molecule has 2 nitrogen and oxygen atoms in total. The lowest BCUT2D eigenvalue weighted by Crippen LogP contribution is -2.42. The molecule has 1 amide bonds. The predicted octanol–water partition coefficient (Wildman–Crippen LogP) is 0.877. The van der Waals surface area contributed by atoms with Crippen LogP contribution in [0, 0.1) is 12.3 Å². The van der Waals surface area contributed by atoms with E-state index in [2.05, 4.69) is 11.2 Å². The van der Waals surface area contributed by atoms with E-state index in [0.29, 0.717) is 5.75 Å². The van der Waals surface area contributed by atoms with Gasteiger partial charge in [0.15, 0.2) is 0 Å². The molecule has 1 N–H and O–H groups in total. The minimum atomic E-state index is -0.521. The van der Waals surface area contributed by atoms with E-state index in [1.165, 1.54) is 11.8 Å². The predicted molar refractivity (Wildman–Crippen MR) is 49.4 cm³/mol. The molecule has 0 aliphatic rings. The second kappa shape index (κ2) is 4.30. The van der Waals surface area contributed by atoms with E-state index >= 15 is 0 Å². The van der Waals surface area contributed by atoms with Gasteiger partial charge in [0.25, 0.3) is 0 Å². The topological polar surface area (TPSA) is 29.1 Å². The fraction of sp³-hybridized carbons (Fsp3) is 0.625. The Hall–Kier alpha value is -0.620. The lowest BCUT2D eigenvalue weighted by atomic mass is 10.1. The molecule has 0 rings (SSSR count). The maximum atomic E-state index is 11.0. The largest absolute Gasteiger partial charge is 0.340 e. The van der Waals surface area contributed by atoms with Crippen LogP contribution in [0.3, 0.4) is 0 Å². The average Bonchev–Trinajstić information content (AvgIpc) is 1.87. The van der Waals surface area contributed by atoms with Gasteiger partial charge in [-0.05, 0) is 20.1 Å². The Morgan fingerprint density at radius 2 is 2.27 bits per heavy atom. The van der Waals surface area contributed by atoms with Crippen LogP contribution in [0.5, 0.6) is 0 Å². The molecule has 0 saturated carbocycles. The van der Waals surface area contributed by atoms with Crippen LogP contribution in [0.25, 0.3) is 0 Å². The number of carbonyl (C=O) groups excluding carboxylic acids is 1. The Kier molecular flexibility index (Phi) is 4.06. The molecule has 0 aromatic carbocycles. The summed E-state index contributed by atoms with van der Waals surface area (Å²) in [7, 11) is 0. The highest BCUT2D eigenvalue weighted by Gasteiger charge is 2.15. The van der Waals surface area contributed by atoms with Crippen molar-refractivity contribution in [3.8, 4) is 12.3 Å². The van der Waals surface area contributed by atoms with Gasteiger partial charge in [0.2, 0.25) is 5.91 Å². The molecule has 0 atom stereocenters. The molecule has 62 valence electrons. The second-order valence-electron chi connectivity index (χ2n) is 2.75. The summed E-state index contributed by atoms with van der Waals surface area (Å²) in [5.74, 6) is 2.94. The molecule has 0 fully saturated rings. The lowest BCUT2D eigenvalue weighted by Gasteiger charge is -2.18. The molecule has 0 aliphatic heterocycles. The van der Waals surface area contributed by atoms with Crippen molar-refractivity contribution < 1.29 is 4.79 Å². The minimum Gasteiger partial charge on any atom is -0.340 e. The van der Waals surface area contributed by atoms with Crippen LogP contribution in [0.2, 0.25) is 0 Å². The van der Waals surface area contributed by atoms with E-state index in [0.717, 1.165) is 0 Å². The number of rotatable bonds is 3. The number of hydrogen-bond acceptors (Lipinski definition) is 2. The number of amides is 1. The van der Waals surface area contributed by atoms with Crippen LogP contribution in [-0.2, 0) is 4.79 Å². The first-order valence-electron chi connectivity index (χ1n) is 3.29. The maximum absolute atomic E-state index is 11.0. The Bertz CT molecular complexity index is 181. The number of carbonyl (C=O) groups is 1. The first-order valence-corrected chi connectivity index (χ1v) is 4.69. The van der Waals surface area contributed by atoms with Gasteiger partial charge in [-0.15, -0.1) is 6.42 Å². The molecule has 3 heteroatoms. The number of hydrogen-bond donors (Lipinski definition) is 1. The van der Waals surface area contributed by atoms with Crippen molar-refractivity contribution in [3.63, 3.8) is 0 Å². The third-order valence-corrected chi connectivity index (χ3v) is 1.64. The molecular formula is C8H13NOS. The van der Waals surface area contributed by atoms with Gasteiger partial charge < -0.3 is 5.32 Å². The molecule has 0 aromatic rings. The maximum Gasteiger partial charge on any atom is 0.231 e. The van der Waals surface area contributed by atoms with E-state index in [4.69, 9.17) is 6.42 Å². The summed E-state index contributed by atoms with van der Waals surface area (Å²) in [6.07, 6.45) is 7.06. The standard InChI is InChI=1S/C8H13NOS/c1-5-8(2,3)9-7(10)6-11-4/h1H,6H2,2-4H3,(H,9,10). The third kappa shape index (κ3) is 4.74. The smallest absolute Gasteiger partial charge is 0.231 e. The highest BCUT2D eigenvalue weighted by atomic mass is 32.2. The Balaban J connectivity index is 3.86. The molecular weight excluding hydrogens is 158 g/mol. The van der Waals surface area contributed by atoms with Crippen LogP contribution < -0.4 is 5.32 Å². The van der Waals surface area contributed by atoms with E-state index in [-0.39, 0.29) is 5.91 Å². The van der Waals surface area contributed by atoms with Gasteiger partial charge in [-0.25, -0.2) is 0 Å². The molecule has 11 heavy (non-hydrogen) atoms. The fourth-order valence-corrected chi connectivity index (χ4v) is 0.886. The fourth-order valence-electron chi connectivity index (χ4n) is 0.552. The average molecular weight is 171 g/mol. The highest BCUT2D eigenvalue weighted by Crippen LogP contribution is 2.00. The normalized spacial score (nSPS) is 10.4. The van der Waals surface area contributed by atoms with Gasteiger partial charge in [0.05, 0.1) is 11.3 Å². The van der Waals surface area contributed by atoms with Crippen molar-refractivity contribution in [2.75, 3.05) is 12.0 Å². The van der Waals surface area contributed by atoms with Crippen molar-refractivity contribution in [1.82, 2.24) is 5.32 Å². The third-order valence-electron chi connectivity index (χ3n) is 1.09. The second-order valence-corrected chi connectivity index (χ2v) is 3.62. The summed E-state index contributed by atoms with van der Waals surface area (Å²) in [6.45, 7) is 3.59. The molecule has 0 heterocycles. The van der Waals surface area contributed by atoms with Crippen LogP contribution in [0.15, 0.2) is 0 Å². The van der Waals surface area contributed by atoms with Gasteiger partial charge in [-0.1, -0.05) is 5.92 Å². The summed E-state index contributed by atoms with van der Waals surface area (Å²) in [5.41, 5.74) is -0.521. The minimum absolute atomic E-state index is 0.0135. The van der Waals surface area contributed by atoms with Gasteiger partial charge in [-0.3, -0.25) is 4.79 Å². The highest BCUT2D eigenvalue weighted by molar-refractivity contribution is 7.99. The summed E-state index contributed by atoms with van der Waals surface area (Å²) in [6, 6.07) is 0. The first kappa shape index (κ1) is 10.4. The van der Waals surface area contributed by atoms with Gasteiger partial charge >= 0.3 is 0 Å². The van der Waals surface area contributed by atoms with Crippen LogP contribution >= 0.6 is 11.8 Å². The zero-order valence-corrected chi connectivity index (χ0v) is 7.92. The molecule has 0 saturated heterocycles. The quantitative estimate of drug-likeness (QED) is 0.639. The van der Waals surface area contributed by atoms with Crippen LogP contribution in [0.1, 0.15) is 13.8 Å². The monoisotopic (exact) mass is 171 g/mol. The summed E-state index contributed by atoms with van der Waals surface area (Å²) in [4.78, 5) is 11.0. The van der Waals surface area contributed by atoms with Gasteiger partial charge in [0, 0.05) is 0 Å². The van der Waals surface area contributed by atoms with E-state index in [1.807, 2.05) is 6.26 Å². The Morgan fingerprint density at radius 1 is 1.73 bits per heavy atom. The number of thioether (sulfide) groups is 1. The van der Waals surface area contributed by atoms with Crippen LogP contribution in [-0.4, -0.2) is 23.5 Å². The Labute approximate surface area is 72.1 Å². The van der Waals surface area contributed by atoms with Gasteiger partial charge in [-0.2, -0.15) is 11.8 Å². The van der Waals surface area contributed by atoms with Crippen molar-refractivity contribution in [2.24, 2.45) is 0 Å². The zero-order chi connectivity index (χ0) is 8.91. The number of terminal acetylenes is 1. The molecule has 0 radical (unpaired) electrons. The lowest BCUT2D eigenvalue weighted by molar-refractivity contribution is -0.119. The van der Waals surface area contributed by atoms with Crippen molar-refractivity contribution >= 4 is 17.7 Å². The van der Waals surface area contributed by atoms with E-state index in [1.54, 1.807) is 13.8 Å². The van der Waals surface area contributed by atoms with Crippen molar-refractivity contribution in [1.29, 1.82) is 0 Å². The molecule has 0 spiro atoms. The summed E-state index contributed by atoms with van der Waals surface area (Å²) < 4.78 is 0. The van der Waals surface area contributed by atoms with Gasteiger partial charge in [0.1, 0.15) is 0 Å². The van der Waals surface area contributed by atoms with Crippen molar-refractivity contribution in [3.05, 3.63) is 0 Å². The van der Waals surface area contributed by atoms with E-state index < -0.39 is 5.54 Å². The molecule has 0 unspecified atom stereocenters. The van der Waals surface area contributed by atoms with Crippen LogP contribution in [0.4, 0.5) is 0 Å². The first-order chi connectivity index (χ1) is 5.02. The SMILES string of the molecule is C#CC(C)(C)NC(=O)CSC. The number of nitrogens with one attached hydrogen (secondary N) is 1. The van der Waals surface area contributed by atoms with Crippen molar-refractivity contribution in [2.45, 2.75) is 19.4 Å².